The van der Waals surface area contributed by atoms with Crippen molar-refractivity contribution < 1.29 is 13.2 Å². The number of aryl methyl sites for hydroxylation is 2. The van der Waals surface area contributed by atoms with Crippen molar-refractivity contribution in [1.82, 2.24) is 14.5 Å². The number of nitrogens with zero attached hydrogens (tertiary/aromatic N) is 2. The molecule has 8 heteroatoms. The summed E-state index contributed by atoms with van der Waals surface area (Å²) in [5.74, 6) is -0.0784. The van der Waals surface area contributed by atoms with Crippen LogP contribution in [0.2, 0.25) is 0 Å². The first-order chi connectivity index (χ1) is 15.7. The van der Waals surface area contributed by atoms with E-state index in [1.807, 2.05) is 62.9 Å². The summed E-state index contributed by atoms with van der Waals surface area (Å²) >= 11 is 0. The molecule has 0 aromatic heterocycles. The number of benzene rings is 2. The fourth-order valence-corrected chi connectivity index (χ4v) is 7.01. The van der Waals surface area contributed by atoms with Crippen molar-refractivity contribution in [2.24, 2.45) is 0 Å². The van der Waals surface area contributed by atoms with Crippen LogP contribution in [0.5, 0.6) is 0 Å². The van der Waals surface area contributed by atoms with Gasteiger partial charge in [-0.3, -0.25) is 9.69 Å². The summed E-state index contributed by atoms with van der Waals surface area (Å²) < 4.78 is 28.7. The normalized spacial score (nSPS) is 22.1. The second-order valence-corrected chi connectivity index (χ2v) is 11.2. The highest BCUT2D eigenvalue weighted by atomic mass is 32.2. The van der Waals surface area contributed by atoms with Gasteiger partial charge in [-0.2, -0.15) is 4.31 Å². The Morgan fingerprint density at radius 2 is 1.73 bits per heavy atom. The minimum atomic E-state index is -3.63. The van der Waals surface area contributed by atoms with Gasteiger partial charge in [-0.25, -0.2) is 8.42 Å². The quantitative estimate of drug-likeness (QED) is 0.702. The molecular formula is C25H34N4O3S. The van der Waals surface area contributed by atoms with E-state index in [0.29, 0.717) is 24.5 Å². The van der Waals surface area contributed by atoms with Gasteiger partial charge in [0, 0.05) is 37.4 Å². The monoisotopic (exact) mass is 470 g/mol. The molecule has 0 radical (unpaired) electrons. The number of carbonyl (C=O) groups excluding carboxylic acids is 1. The number of carbonyl (C=O) groups is 1. The molecule has 7 nitrogen and oxygen atoms in total. The number of hydrogen-bond acceptors (Lipinski definition) is 5. The number of fused-ring (bicyclic) bond motifs is 1. The number of para-hydroxylation sites is 1. The zero-order chi connectivity index (χ0) is 23.8. The highest BCUT2D eigenvalue weighted by Crippen LogP contribution is 2.28. The average molecular weight is 471 g/mol. The average Bonchev–Trinajstić information content (AvgIpc) is 2.75. The van der Waals surface area contributed by atoms with Gasteiger partial charge in [0.15, 0.2) is 0 Å². The topological polar surface area (TPSA) is 81.8 Å². The van der Waals surface area contributed by atoms with Crippen LogP contribution in [-0.4, -0.2) is 61.8 Å². The van der Waals surface area contributed by atoms with Crippen LogP contribution in [0.25, 0.3) is 0 Å². The van der Waals surface area contributed by atoms with E-state index >= 15 is 0 Å². The molecule has 0 spiro atoms. The van der Waals surface area contributed by atoms with Crippen molar-refractivity contribution in [1.29, 1.82) is 0 Å². The number of nitrogens with one attached hydrogen (secondary N) is 2. The Morgan fingerprint density at radius 3 is 2.39 bits per heavy atom. The lowest BCUT2D eigenvalue weighted by molar-refractivity contribution is -0.118. The number of piperazine rings is 1. The molecule has 2 N–H and O–H groups in total. The van der Waals surface area contributed by atoms with E-state index in [0.717, 1.165) is 35.3 Å². The SMILES string of the molecule is Cc1cccc(C)c1NC(=O)CN1CC(C)N(S(=O)(=O)c2ccc3c(c2)CNCC3)C(C)C1. The Bertz CT molecular complexity index is 1120. The van der Waals surface area contributed by atoms with E-state index in [9.17, 15) is 13.2 Å². The minimum Gasteiger partial charge on any atom is -0.324 e. The first-order valence-corrected chi connectivity index (χ1v) is 13.1. The largest absolute Gasteiger partial charge is 0.324 e. The van der Waals surface area contributed by atoms with Crippen molar-refractivity contribution in [3.8, 4) is 0 Å². The van der Waals surface area contributed by atoms with Crippen molar-refractivity contribution in [3.63, 3.8) is 0 Å². The van der Waals surface area contributed by atoms with Gasteiger partial charge < -0.3 is 10.6 Å². The fraction of sp³-hybridized carbons (Fsp3) is 0.480. The molecule has 2 unspecified atom stereocenters. The van der Waals surface area contributed by atoms with E-state index in [1.165, 1.54) is 5.56 Å². The number of hydrogen-bond donors (Lipinski definition) is 2. The number of rotatable bonds is 5. The molecule has 1 amide bonds. The van der Waals surface area contributed by atoms with Gasteiger partial charge in [-0.15, -0.1) is 0 Å². The molecule has 2 aromatic carbocycles. The van der Waals surface area contributed by atoms with Crippen LogP contribution >= 0.6 is 0 Å². The Hall–Kier alpha value is -2.26. The van der Waals surface area contributed by atoms with Gasteiger partial charge in [0.2, 0.25) is 15.9 Å². The lowest BCUT2D eigenvalue weighted by Crippen LogP contribution is -2.59. The summed E-state index contributed by atoms with van der Waals surface area (Å²) in [7, 11) is -3.63. The Balaban J connectivity index is 1.45. The Kier molecular flexibility index (Phi) is 6.91. The predicted octanol–water partition coefficient (Wildman–Crippen LogP) is 2.67. The molecule has 178 valence electrons. The Labute approximate surface area is 197 Å². The van der Waals surface area contributed by atoms with E-state index in [-0.39, 0.29) is 24.5 Å². The zero-order valence-corrected chi connectivity index (χ0v) is 20.7. The van der Waals surface area contributed by atoms with Gasteiger partial charge in [-0.1, -0.05) is 24.3 Å². The standard InChI is InChI=1S/C25H34N4O3S/c1-17-6-5-7-18(2)25(17)27-24(30)16-28-14-19(3)29(20(4)15-28)33(31,32)23-9-8-21-10-11-26-13-22(21)12-23/h5-9,12,19-20,26H,10-11,13-16H2,1-4H3,(H,27,30). The van der Waals surface area contributed by atoms with Gasteiger partial charge in [-0.05, 0) is 75.0 Å². The molecule has 2 aliphatic rings. The molecule has 33 heavy (non-hydrogen) atoms. The van der Waals surface area contributed by atoms with Crippen LogP contribution in [0.15, 0.2) is 41.3 Å². The Morgan fingerprint density at radius 1 is 1.06 bits per heavy atom. The van der Waals surface area contributed by atoms with Crippen molar-refractivity contribution in [3.05, 3.63) is 58.7 Å². The summed E-state index contributed by atoms with van der Waals surface area (Å²) in [4.78, 5) is 15.1. The molecule has 0 bridgehead atoms. The van der Waals surface area contributed by atoms with Crippen LogP contribution in [0, 0.1) is 13.8 Å². The maximum absolute atomic E-state index is 13.5. The molecular weight excluding hydrogens is 436 g/mol. The molecule has 4 rings (SSSR count). The van der Waals surface area contributed by atoms with Crippen LogP contribution in [0.4, 0.5) is 5.69 Å². The summed E-state index contributed by atoms with van der Waals surface area (Å²) in [6.45, 7) is 10.7. The minimum absolute atomic E-state index is 0.0784. The smallest absolute Gasteiger partial charge is 0.243 e. The molecule has 0 aliphatic carbocycles. The lowest BCUT2D eigenvalue weighted by atomic mass is 10.0. The molecule has 1 fully saturated rings. The molecule has 2 aliphatic heterocycles. The maximum atomic E-state index is 13.5. The summed E-state index contributed by atoms with van der Waals surface area (Å²) in [6.07, 6.45) is 0.922. The third-order valence-corrected chi connectivity index (χ3v) is 8.79. The van der Waals surface area contributed by atoms with E-state index in [4.69, 9.17) is 0 Å². The first kappa shape index (κ1) is 23.9. The van der Waals surface area contributed by atoms with Gasteiger partial charge in [0.25, 0.3) is 0 Å². The molecule has 2 aromatic rings. The van der Waals surface area contributed by atoms with Gasteiger partial charge in [0.05, 0.1) is 11.4 Å². The summed E-state index contributed by atoms with van der Waals surface area (Å²) in [5.41, 5.74) is 5.19. The molecule has 1 saturated heterocycles. The number of anilines is 1. The van der Waals surface area contributed by atoms with Gasteiger partial charge >= 0.3 is 0 Å². The number of amides is 1. The van der Waals surface area contributed by atoms with Crippen LogP contribution < -0.4 is 10.6 Å². The maximum Gasteiger partial charge on any atom is 0.243 e. The fourth-order valence-electron chi connectivity index (χ4n) is 5.15. The van der Waals surface area contributed by atoms with Crippen molar-refractivity contribution in [2.45, 2.75) is 57.6 Å². The first-order valence-electron chi connectivity index (χ1n) is 11.6. The second kappa shape index (κ2) is 9.54. The second-order valence-electron chi connectivity index (χ2n) is 9.40. The zero-order valence-electron chi connectivity index (χ0n) is 19.9. The third kappa shape index (κ3) is 4.99. The third-order valence-electron chi connectivity index (χ3n) is 6.67. The molecule has 0 saturated carbocycles. The summed E-state index contributed by atoms with van der Waals surface area (Å²) in [5, 5.41) is 6.35. The van der Waals surface area contributed by atoms with E-state index < -0.39 is 10.0 Å². The van der Waals surface area contributed by atoms with Crippen LogP contribution in [-0.2, 0) is 27.8 Å². The highest BCUT2D eigenvalue weighted by Gasteiger charge is 2.39. The predicted molar refractivity (Wildman–Crippen MR) is 131 cm³/mol. The number of sulfonamides is 1. The van der Waals surface area contributed by atoms with Crippen molar-refractivity contribution in [2.75, 3.05) is 31.5 Å². The van der Waals surface area contributed by atoms with Crippen LogP contribution in [0.1, 0.15) is 36.1 Å². The lowest BCUT2D eigenvalue weighted by Gasteiger charge is -2.43. The van der Waals surface area contributed by atoms with E-state index in [2.05, 4.69) is 10.6 Å². The van der Waals surface area contributed by atoms with E-state index in [1.54, 1.807) is 10.4 Å². The molecule has 2 atom stereocenters. The van der Waals surface area contributed by atoms with Gasteiger partial charge in [0.1, 0.15) is 0 Å². The summed E-state index contributed by atoms with van der Waals surface area (Å²) in [6, 6.07) is 11.0. The molecule has 2 heterocycles. The highest BCUT2D eigenvalue weighted by molar-refractivity contribution is 7.89. The van der Waals surface area contributed by atoms with Crippen molar-refractivity contribution >= 4 is 21.6 Å². The van der Waals surface area contributed by atoms with Crippen LogP contribution in [0.3, 0.4) is 0 Å².